The van der Waals surface area contributed by atoms with Crippen molar-refractivity contribution >= 4 is 17.6 Å². The normalized spacial score (nSPS) is 25.1. The lowest BCUT2D eigenvalue weighted by atomic mass is 10.0. The summed E-state index contributed by atoms with van der Waals surface area (Å²) in [5.41, 5.74) is 1.17. The molecule has 0 saturated carbocycles. The highest BCUT2D eigenvalue weighted by Gasteiger charge is 2.35. The van der Waals surface area contributed by atoms with E-state index in [1.165, 1.54) is 5.56 Å². The van der Waals surface area contributed by atoms with Gasteiger partial charge in [-0.3, -0.25) is 9.69 Å². The van der Waals surface area contributed by atoms with Crippen LogP contribution in [0.25, 0.3) is 0 Å². The Bertz CT molecular complexity index is 404. The molecule has 0 bridgehead atoms. The molecule has 1 N–H and O–H groups in total. The summed E-state index contributed by atoms with van der Waals surface area (Å²) in [7, 11) is 0. The Labute approximate surface area is 106 Å². The zero-order chi connectivity index (χ0) is 12.4. The first-order chi connectivity index (χ1) is 8.08. The molecular weight excluding hydrogens is 238 g/mol. The van der Waals surface area contributed by atoms with Crippen molar-refractivity contribution in [2.75, 3.05) is 6.54 Å². The fourth-order valence-corrected chi connectivity index (χ4v) is 2.51. The number of carbonyl (C=O) groups is 1. The lowest BCUT2D eigenvalue weighted by molar-refractivity contribution is -0.142. The Morgan fingerprint density at radius 3 is 2.65 bits per heavy atom. The van der Waals surface area contributed by atoms with Crippen molar-refractivity contribution in [3.05, 3.63) is 34.9 Å². The smallest absolute Gasteiger partial charge is 0.308 e. The molecule has 0 aromatic heterocycles. The zero-order valence-corrected chi connectivity index (χ0v) is 10.5. The maximum Gasteiger partial charge on any atom is 0.308 e. The van der Waals surface area contributed by atoms with E-state index in [1.54, 1.807) is 0 Å². The third kappa shape index (κ3) is 2.79. The second kappa shape index (κ2) is 5.07. The molecule has 1 aromatic carbocycles. The van der Waals surface area contributed by atoms with Crippen molar-refractivity contribution in [3.8, 4) is 0 Å². The largest absolute Gasteiger partial charge is 0.481 e. The number of halogens is 1. The molecule has 1 aliphatic heterocycles. The molecule has 0 radical (unpaired) electrons. The number of rotatable bonds is 3. The minimum Gasteiger partial charge on any atom is -0.481 e. The van der Waals surface area contributed by atoms with Crippen LogP contribution in [0.3, 0.4) is 0 Å². The molecule has 1 saturated heterocycles. The van der Waals surface area contributed by atoms with Crippen LogP contribution in [-0.2, 0) is 11.3 Å². The summed E-state index contributed by atoms with van der Waals surface area (Å²) < 4.78 is 0. The first-order valence-corrected chi connectivity index (χ1v) is 6.17. The van der Waals surface area contributed by atoms with Crippen LogP contribution in [0.1, 0.15) is 18.9 Å². The quantitative estimate of drug-likeness (QED) is 0.900. The Morgan fingerprint density at radius 2 is 2.12 bits per heavy atom. The first kappa shape index (κ1) is 12.4. The molecular formula is C13H16ClNO2. The summed E-state index contributed by atoms with van der Waals surface area (Å²) in [6, 6.07) is 7.81. The number of likely N-dealkylation sites (tertiary alicyclic amines) is 1. The van der Waals surface area contributed by atoms with Gasteiger partial charge in [-0.05, 0) is 37.6 Å². The molecule has 3 nitrogen and oxygen atoms in total. The van der Waals surface area contributed by atoms with Gasteiger partial charge in [-0.1, -0.05) is 23.7 Å². The van der Waals surface area contributed by atoms with Crippen LogP contribution in [-0.4, -0.2) is 28.6 Å². The SMILES string of the molecule is CC1C(C(=O)O)CCN1Cc1ccc(Cl)cc1. The molecule has 1 fully saturated rings. The number of nitrogens with zero attached hydrogens (tertiary/aromatic N) is 1. The van der Waals surface area contributed by atoms with E-state index >= 15 is 0 Å². The fraction of sp³-hybridized carbons (Fsp3) is 0.462. The number of benzene rings is 1. The van der Waals surface area contributed by atoms with Gasteiger partial charge < -0.3 is 5.11 Å². The van der Waals surface area contributed by atoms with E-state index in [0.29, 0.717) is 0 Å². The predicted octanol–water partition coefficient (Wildman–Crippen LogP) is 2.64. The van der Waals surface area contributed by atoms with Crippen LogP contribution in [0, 0.1) is 5.92 Å². The summed E-state index contributed by atoms with van der Waals surface area (Å²) in [5.74, 6) is -0.918. The number of hydrogen-bond donors (Lipinski definition) is 1. The van der Waals surface area contributed by atoms with Crippen LogP contribution in [0.4, 0.5) is 0 Å². The second-order valence-corrected chi connectivity index (χ2v) is 5.01. The monoisotopic (exact) mass is 253 g/mol. The van der Waals surface area contributed by atoms with E-state index in [9.17, 15) is 4.79 Å². The molecule has 4 heteroatoms. The standard InChI is InChI=1S/C13H16ClNO2/c1-9-12(13(16)17)6-7-15(9)8-10-2-4-11(14)5-3-10/h2-5,9,12H,6-8H2,1H3,(H,16,17). The van der Waals surface area contributed by atoms with Gasteiger partial charge in [0.25, 0.3) is 0 Å². The van der Waals surface area contributed by atoms with Gasteiger partial charge in [0, 0.05) is 17.6 Å². The van der Waals surface area contributed by atoms with Crippen LogP contribution < -0.4 is 0 Å². The second-order valence-electron chi connectivity index (χ2n) is 4.57. The van der Waals surface area contributed by atoms with E-state index in [2.05, 4.69) is 4.90 Å². The molecule has 2 unspecified atom stereocenters. The van der Waals surface area contributed by atoms with E-state index in [4.69, 9.17) is 16.7 Å². The van der Waals surface area contributed by atoms with Crippen molar-refractivity contribution < 1.29 is 9.90 Å². The molecule has 92 valence electrons. The van der Waals surface area contributed by atoms with Gasteiger partial charge in [0.2, 0.25) is 0 Å². The van der Waals surface area contributed by atoms with E-state index in [1.807, 2.05) is 31.2 Å². The Hall–Kier alpha value is -1.06. The minimum atomic E-state index is -0.684. The van der Waals surface area contributed by atoms with Crippen LogP contribution in [0.2, 0.25) is 5.02 Å². The third-order valence-corrected chi connectivity index (χ3v) is 3.75. The van der Waals surface area contributed by atoms with Gasteiger partial charge in [0.15, 0.2) is 0 Å². The van der Waals surface area contributed by atoms with Crippen molar-refractivity contribution in [1.29, 1.82) is 0 Å². The number of hydrogen-bond acceptors (Lipinski definition) is 2. The summed E-state index contributed by atoms with van der Waals surface area (Å²) in [6.07, 6.45) is 0.740. The van der Waals surface area contributed by atoms with Gasteiger partial charge in [0.1, 0.15) is 0 Å². The highest BCUT2D eigenvalue weighted by atomic mass is 35.5. The number of carboxylic acids is 1. The average molecular weight is 254 g/mol. The lowest BCUT2D eigenvalue weighted by Gasteiger charge is -2.22. The molecule has 0 spiro atoms. The van der Waals surface area contributed by atoms with Gasteiger partial charge in [-0.15, -0.1) is 0 Å². The number of aliphatic carboxylic acids is 1. The zero-order valence-electron chi connectivity index (χ0n) is 9.77. The minimum absolute atomic E-state index is 0.100. The molecule has 0 aliphatic carbocycles. The molecule has 0 amide bonds. The molecule has 1 aromatic rings. The Balaban J connectivity index is 2.01. The van der Waals surface area contributed by atoms with Crippen LogP contribution in [0.5, 0.6) is 0 Å². The topological polar surface area (TPSA) is 40.5 Å². The highest BCUT2D eigenvalue weighted by Crippen LogP contribution is 2.26. The third-order valence-electron chi connectivity index (χ3n) is 3.50. The molecule has 1 aliphatic rings. The Morgan fingerprint density at radius 1 is 1.47 bits per heavy atom. The summed E-state index contributed by atoms with van der Waals surface area (Å²) in [6.45, 7) is 3.63. The molecule has 2 rings (SSSR count). The number of carboxylic acid groups (broad SMARTS) is 1. The van der Waals surface area contributed by atoms with Crippen molar-refractivity contribution in [2.24, 2.45) is 5.92 Å². The van der Waals surface area contributed by atoms with Crippen molar-refractivity contribution in [3.63, 3.8) is 0 Å². The predicted molar refractivity (Wildman–Crippen MR) is 67.1 cm³/mol. The van der Waals surface area contributed by atoms with Gasteiger partial charge in [-0.2, -0.15) is 0 Å². The van der Waals surface area contributed by atoms with E-state index < -0.39 is 5.97 Å². The molecule has 17 heavy (non-hydrogen) atoms. The van der Waals surface area contributed by atoms with Crippen molar-refractivity contribution in [1.82, 2.24) is 4.90 Å². The lowest BCUT2D eigenvalue weighted by Crippen LogP contribution is -2.32. The first-order valence-electron chi connectivity index (χ1n) is 5.79. The summed E-state index contributed by atoms with van der Waals surface area (Å²) in [4.78, 5) is 13.2. The van der Waals surface area contributed by atoms with E-state index in [-0.39, 0.29) is 12.0 Å². The average Bonchev–Trinajstić information content (AvgIpc) is 2.64. The van der Waals surface area contributed by atoms with Crippen molar-refractivity contribution in [2.45, 2.75) is 25.9 Å². The summed E-state index contributed by atoms with van der Waals surface area (Å²) >= 11 is 5.83. The highest BCUT2D eigenvalue weighted by molar-refractivity contribution is 6.30. The Kier molecular flexibility index (Phi) is 3.69. The summed E-state index contributed by atoms with van der Waals surface area (Å²) in [5, 5.41) is 9.79. The maximum atomic E-state index is 11.0. The van der Waals surface area contributed by atoms with Crippen LogP contribution >= 0.6 is 11.6 Å². The van der Waals surface area contributed by atoms with Crippen LogP contribution in [0.15, 0.2) is 24.3 Å². The molecule has 1 heterocycles. The van der Waals surface area contributed by atoms with E-state index in [0.717, 1.165) is 24.5 Å². The van der Waals surface area contributed by atoms with Gasteiger partial charge >= 0.3 is 5.97 Å². The maximum absolute atomic E-state index is 11.0. The van der Waals surface area contributed by atoms with Gasteiger partial charge in [-0.25, -0.2) is 0 Å². The van der Waals surface area contributed by atoms with Gasteiger partial charge in [0.05, 0.1) is 5.92 Å². The fourth-order valence-electron chi connectivity index (χ4n) is 2.38. The molecule has 2 atom stereocenters.